The molecule has 1 aliphatic heterocycles. The van der Waals surface area contributed by atoms with Crippen molar-refractivity contribution in [1.82, 2.24) is 0 Å². The normalized spacial score (nSPS) is 16.0. The van der Waals surface area contributed by atoms with E-state index < -0.39 is 11.5 Å². The lowest BCUT2D eigenvalue weighted by atomic mass is 10.1. The van der Waals surface area contributed by atoms with E-state index in [9.17, 15) is 9.90 Å². The first kappa shape index (κ1) is 16.1. The number of nitrogens with zero attached hydrogens (tertiary/aromatic N) is 1. The second-order valence-electron chi connectivity index (χ2n) is 5.44. The maximum absolute atomic E-state index is 10.7. The molecular formula is C17H20N2O3. The number of piperidine rings is 1. The van der Waals surface area contributed by atoms with E-state index in [1.165, 1.54) is 38.4 Å². The summed E-state index contributed by atoms with van der Waals surface area (Å²) >= 11 is 0. The van der Waals surface area contributed by atoms with Crippen molar-refractivity contribution in [2.45, 2.75) is 19.3 Å². The molecule has 22 heavy (non-hydrogen) atoms. The number of carboxylic acids is 1. The molecule has 0 aliphatic carbocycles. The molecule has 1 saturated heterocycles. The highest BCUT2D eigenvalue weighted by Crippen LogP contribution is 2.15. The van der Waals surface area contributed by atoms with Gasteiger partial charge in [0.25, 0.3) is 0 Å². The van der Waals surface area contributed by atoms with Crippen LogP contribution in [0.1, 0.15) is 24.8 Å². The molecule has 0 radical (unpaired) electrons. The Bertz CT molecular complexity index is 584. The van der Waals surface area contributed by atoms with E-state index in [0.29, 0.717) is 17.9 Å². The van der Waals surface area contributed by atoms with Gasteiger partial charge in [-0.3, -0.25) is 0 Å². The van der Waals surface area contributed by atoms with Gasteiger partial charge in [0.05, 0.1) is 24.6 Å². The van der Waals surface area contributed by atoms with Crippen LogP contribution >= 0.6 is 0 Å². The van der Waals surface area contributed by atoms with E-state index >= 15 is 0 Å². The summed E-state index contributed by atoms with van der Waals surface area (Å²) in [4.78, 5) is 12.3. The summed E-state index contributed by atoms with van der Waals surface area (Å²) < 4.78 is 5.73. The predicted molar refractivity (Wildman–Crippen MR) is 79.9 cm³/mol. The number of hydrogen-bond donors (Lipinski definition) is 1. The number of carboxylic acid groups (broad SMARTS) is 1. The molecular weight excluding hydrogens is 280 g/mol. The Morgan fingerprint density at radius 3 is 2.82 bits per heavy atom. The fourth-order valence-corrected chi connectivity index (χ4v) is 2.61. The van der Waals surface area contributed by atoms with Crippen LogP contribution in [0.25, 0.3) is 6.08 Å². The monoisotopic (exact) mass is 300 g/mol. The maximum Gasteiger partial charge on any atom is 0.137 e. The van der Waals surface area contributed by atoms with E-state index in [-0.39, 0.29) is 0 Å². The first-order valence-electron chi connectivity index (χ1n) is 7.58. The quantitative estimate of drug-likeness (QED) is 0.582. The van der Waals surface area contributed by atoms with Crippen molar-refractivity contribution in [2.24, 2.45) is 0 Å². The molecule has 0 atom stereocenters. The van der Waals surface area contributed by atoms with Crippen LogP contribution in [0.15, 0.2) is 29.8 Å². The second kappa shape index (κ2) is 8.20. The van der Waals surface area contributed by atoms with Gasteiger partial charge in [-0.1, -0.05) is 12.1 Å². The molecule has 0 saturated carbocycles. The largest absolute Gasteiger partial charge is 0.544 e. The van der Waals surface area contributed by atoms with Crippen molar-refractivity contribution in [1.29, 1.82) is 5.26 Å². The number of nitrogens with one attached hydrogen (secondary N) is 1. The molecule has 1 N–H and O–H groups in total. The van der Waals surface area contributed by atoms with Gasteiger partial charge in [-0.25, -0.2) is 0 Å². The number of carbonyl (C=O) groups excluding carboxylic acids is 1. The number of benzene rings is 1. The molecule has 1 aromatic rings. The molecule has 1 aromatic carbocycles. The average molecular weight is 300 g/mol. The number of likely N-dealkylation sites (tertiary alicyclic amines) is 1. The molecule has 116 valence electrons. The summed E-state index contributed by atoms with van der Waals surface area (Å²) in [6, 6.07) is 8.67. The zero-order valence-corrected chi connectivity index (χ0v) is 12.5. The van der Waals surface area contributed by atoms with E-state index in [1.54, 1.807) is 29.2 Å². The molecule has 1 heterocycles. The Morgan fingerprint density at radius 1 is 1.36 bits per heavy atom. The smallest absolute Gasteiger partial charge is 0.137 e. The van der Waals surface area contributed by atoms with Gasteiger partial charge in [-0.05, 0) is 43.0 Å². The molecule has 0 bridgehead atoms. The third kappa shape index (κ3) is 4.90. The summed E-state index contributed by atoms with van der Waals surface area (Å²) in [5.74, 6) is -0.789. The first-order chi connectivity index (χ1) is 10.7. The fourth-order valence-electron chi connectivity index (χ4n) is 2.61. The van der Waals surface area contributed by atoms with Crippen molar-refractivity contribution in [3.05, 3.63) is 35.4 Å². The topological polar surface area (TPSA) is 77.6 Å². The van der Waals surface area contributed by atoms with Crippen molar-refractivity contribution >= 4 is 12.0 Å². The summed E-state index contributed by atoms with van der Waals surface area (Å²) in [5.41, 5.74) is 0.221. The zero-order chi connectivity index (χ0) is 15.8. The summed E-state index contributed by atoms with van der Waals surface area (Å²) in [5, 5.41) is 19.5. The summed E-state index contributed by atoms with van der Waals surface area (Å²) in [6.07, 6.45) is 5.20. The van der Waals surface area contributed by atoms with Gasteiger partial charge >= 0.3 is 0 Å². The molecule has 1 fully saturated rings. The lowest BCUT2D eigenvalue weighted by Crippen LogP contribution is -3.13. The Hall–Kier alpha value is -2.32. The summed E-state index contributed by atoms with van der Waals surface area (Å²) in [6.45, 7) is 4.03. The van der Waals surface area contributed by atoms with E-state index in [1.807, 2.05) is 6.07 Å². The highest BCUT2D eigenvalue weighted by Gasteiger charge is 2.12. The minimum atomic E-state index is -1.47. The lowest BCUT2D eigenvalue weighted by molar-refractivity contribution is -0.904. The van der Waals surface area contributed by atoms with Gasteiger partial charge < -0.3 is 19.5 Å². The average Bonchev–Trinajstić information content (AvgIpc) is 2.54. The van der Waals surface area contributed by atoms with Crippen LogP contribution in [0.3, 0.4) is 0 Å². The van der Waals surface area contributed by atoms with Crippen LogP contribution < -0.4 is 14.7 Å². The zero-order valence-electron chi connectivity index (χ0n) is 12.5. The van der Waals surface area contributed by atoms with Gasteiger partial charge in [0.1, 0.15) is 25.0 Å². The standard InChI is InChI=1S/C17H20N2O3/c18-13-15(17(20)21)11-14-5-4-6-16(12-14)22-10-9-19-7-2-1-3-8-19/h4-6,11-12H,1-3,7-10H2,(H,20,21)/b15-11+. The van der Waals surface area contributed by atoms with Crippen molar-refractivity contribution in [3.63, 3.8) is 0 Å². The SMILES string of the molecule is N#C/C(=C\c1cccc(OCC[NH+]2CCCCC2)c1)C(=O)[O-]. The van der Waals surface area contributed by atoms with Gasteiger partial charge in [0.15, 0.2) is 0 Å². The Kier molecular flexibility index (Phi) is 5.99. The Balaban J connectivity index is 1.91. The van der Waals surface area contributed by atoms with Crippen molar-refractivity contribution in [3.8, 4) is 11.8 Å². The van der Waals surface area contributed by atoms with Crippen molar-refractivity contribution in [2.75, 3.05) is 26.2 Å². The third-order valence-electron chi connectivity index (χ3n) is 3.79. The molecule has 5 nitrogen and oxygen atoms in total. The van der Waals surface area contributed by atoms with Crippen LogP contribution in [-0.2, 0) is 4.79 Å². The van der Waals surface area contributed by atoms with Gasteiger partial charge in [0, 0.05) is 0 Å². The number of quaternary nitrogens is 1. The highest BCUT2D eigenvalue weighted by atomic mass is 16.5. The lowest BCUT2D eigenvalue weighted by Gasteiger charge is -2.23. The third-order valence-corrected chi connectivity index (χ3v) is 3.79. The number of hydrogen-bond acceptors (Lipinski definition) is 4. The molecule has 1 aliphatic rings. The van der Waals surface area contributed by atoms with Crippen LogP contribution in [0, 0.1) is 11.3 Å². The molecule has 0 spiro atoms. The van der Waals surface area contributed by atoms with E-state index in [2.05, 4.69) is 0 Å². The maximum atomic E-state index is 10.7. The molecule has 5 heteroatoms. The minimum Gasteiger partial charge on any atom is -0.544 e. The second-order valence-corrected chi connectivity index (χ2v) is 5.44. The van der Waals surface area contributed by atoms with E-state index in [4.69, 9.17) is 10.00 Å². The molecule has 2 rings (SSSR count). The number of carbonyl (C=O) groups is 1. The number of aliphatic carboxylic acids is 1. The van der Waals surface area contributed by atoms with Gasteiger partial charge in [-0.2, -0.15) is 5.26 Å². The molecule has 0 amide bonds. The highest BCUT2D eigenvalue weighted by molar-refractivity contribution is 5.95. The van der Waals surface area contributed by atoms with Gasteiger partial charge in [0.2, 0.25) is 0 Å². The first-order valence-corrected chi connectivity index (χ1v) is 7.58. The van der Waals surface area contributed by atoms with Crippen molar-refractivity contribution < 1.29 is 19.5 Å². The van der Waals surface area contributed by atoms with Crippen LogP contribution in [0.2, 0.25) is 0 Å². The molecule has 0 unspecified atom stereocenters. The number of rotatable bonds is 6. The number of ether oxygens (including phenoxy) is 1. The van der Waals surface area contributed by atoms with Crippen LogP contribution in [-0.4, -0.2) is 32.2 Å². The number of nitriles is 1. The van der Waals surface area contributed by atoms with Crippen LogP contribution in [0.4, 0.5) is 0 Å². The van der Waals surface area contributed by atoms with Gasteiger partial charge in [-0.15, -0.1) is 0 Å². The minimum absolute atomic E-state index is 0.394. The predicted octanol–water partition coefficient (Wildman–Crippen LogP) is -0.209. The van der Waals surface area contributed by atoms with Crippen LogP contribution in [0.5, 0.6) is 5.75 Å². The van der Waals surface area contributed by atoms with E-state index in [0.717, 1.165) is 6.54 Å². The summed E-state index contributed by atoms with van der Waals surface area (Å²) in [7, 11) is 0. The fraction of sp³-hybridized carbons (Fsp3) is 0.412. The Labute approximate surface area is 130 Å². The molecule has 0 aromatic heterocycles. The Morgan fingerprint density at radius 2 is 2.14 bits per heavy atom.